The number of carbonyl (C=O) groups is 2. The van der Waals surface area contributed by atoms with Gasteiger partial charge in [0.15, 0.2) is 23.5 Å². The summed E-state index contributed by atoms with van der Waals surface area (Å²) < 4.78 is 55.7. The fourth-order valence-corrected chi connectivity index (χ4v) is 6.32. The van der Waals surface area contributed by atoms with Crippen molar-refractivity contribution in [2.45, 2.75) is 31.7 Å². The topological polar surface area (TPSA) is 136 Å². The van der Waals surface area contributed by atoms with E-state index in [9.17, 15) is 22.4 Å². The van der Waals surface area contributed by atoms with Crippen molar-refractivity contribution in [3.8, 4) is 5.75 Å². The van der Waals surface area contributed by atoms with Crippen LogP contribution in [0.4, 0.5) is 10.1 Å². The van der Waals surface area contributed by atoms with Gasteiger partial charge in [0.25, 0.3) is 11.8 Å². The van der Waals surface area contributed by atoms with Gasteiger partial charge in [0.05, 0.1) is 6.61 Å². The number of benzene rings is 1. The third-order valence-electron chi connectivity index (χ3n) is 6.90. The number of aryl methyl sites for hydroxylation is 3. The fourth-order valence-electron chi connectivity index (χ4n) is 4.76. The molecular weight excluding hydrogens is 505 g/mol. The quantitative estimate of drug-likeness (QED) is 0.529. The Kier molecular flexibility index (Phi) is 5.87. The largest absolute Gasteiger partial charge is 0.489 e. The normalized spacial score (nSPS) is 22.4. The predicted octanol–water partition coefficient (Wildman–Crippen LogP) is 2.22. The molecule has 0 aliphatic carbocycles. The molecule has 2 amide bonds. The third kappa shape index (κ3) is 4.27. The zero-order valence-electron chi connectivity index (χ0n) is 20.7. The lowest BCUT2D eigenvalue weighted by Gasteiger charge is -2.32. The number of nitrogens with zero attached hydrogens (tertiary/aromatic N) is 3. The third-order valence-corrected chi connectivity index (χ3v) is 8.36. The highest BCUT2D eigenvalue weighted by Crippen LogP contribution is 2.39. The maximum absolute atomic E-state index is 13.6. The van der Waals surface area contributed by atoms with E-state index < -0.39 is 33.2 Å². The maximum atomic E-state index is 13.6. The van der Waals surface area contributed by atoms with Crippen LogP contribution in [0.3, 0.4) is 0 Å². The summed E-state index contributed by atoms with van der Waals surface area (Å²) in [6.45, 7) is 5.37. The molecule has 0 bridgehead atoms. The van der Waals surface area contributed by atoms with Gasteiger partial charge in [-0.05, 0) is 37.6 Å². The molecule has 0 unspecified atom stereocenters. The highest BCUT2D eigenvalue weighted by Gasteiger charge is 2.50. The number of ether oxygens (including phenoxy) is 1. The molecular formula is C24H26FN5O6S. The molecule has 2 N–H and O–H groups in total. The molecule has 1 aromatic carbocycles. The molecule has 0 saturated carbocycles. The standard InChI is InChI=1S/C24H26FN5O6S/c1-13-7-15(5-6-16(13)25)27-22(31)20-21-17(8-29(20)4)37(33,34)28-18-9-30(10-24(18,3)11-35-21)23(32)19-14(2)36-12-26-19/h5-8,12,18,28H,9-11H2,1-4H3,(H,27,31)/t18-,24-/m1/s1. The first-order valence-electron chi connectivity index (χ1n) is 11.5. The zero-order chi connectivity index (χ0) is 26.7. The summed E-state index contributed by atoms with van der Waals surface area (Å²) in [4.78, 5) is 31.5. The van der Waals surface area contributed by atoms with Crippen molar-refractivity contribution in [1.82, 2.24) is 19.2 Å². The van der Waals surface area contributed by atoms with Gasteiger partial charge < -0.3 is 23.9 Å². The first-order chi connectivity index (χ1) is 17.4. The summed E-state index contributed by atoms with van der Waals surface area (Å²) in [5, 5.41) is 2.68. The monoisotopic (exact) mass is 531 g/mol. The lowest BCUT2D eigenvalue weighted by atomic mass is 9.87. The molecule has 13 heteroatoms. The molecule has 2 aliphatic heterocycles. The summed E-state index contributed by atoms with van der Waals surface area (Å²) in [5.74, 6) is -1.11. The van der Waals surface area contributed by atoms with Crippen LogP contribution in [0.15, 0.2) is 40.1 Å². The van der Waals surface area contributed by atoms with Crippen LogP contribution < -0.4 is 14.8 Å². The minimum Gasteiger partial charge on any atom is -0.489 e. The van der Waals surface area contributed by atoms with E-state index in [4.69, 9.17) is 9.15 Å². The Morgan fingerprint density at radius 3 is 2.73 bits per heavy atom. The van der Waals surface area contributed by atoms with E-state index >= 15 is 0 Å². The molecule has 37 heavy (non-hydrogen) atoms. The molecule has 5 rings (SSSR count). The lowest BCUT2D eigenvalue weighted by Crippen LogP contribution is -2.49. The first-order valence-corrected chi connectivity index (χ1v) is 13.0. The van der Waals surface area contributed by atoms with E-state index in [-0.39, 0.29) is 47.6 Å². The number of fused-ring (bicyclic) bond motifs is 2. The molecule has 11 nitrogen and oxygen atoms in total. The van der Waals surface area contributed by atoms with Crippen molar-refractivity contribution in [2.24, 2.45) is 12.5 Å². The first kappa shape index (κ1) is 25.0. The molecule has 0 spiro atoms. The van der Waals surface area contributed by atoms with Crippen LogP contribution in [-0.2, 0) is 17.1 Å². The molecule has 1 fully saturated rings. The van der Waals surface area contributed by atoms with Crippen molar-refractivity contribution in [3.05, 3.63) is 59.3 Å². The van der Waals surface area contributed by atoms with Gasteiger partial charge in [-0.3, -0.25) is 9.59 Å². The summed E-state index contributed by atoms with van der Waals surface area (Å²) in [6, 6.07) is 3.49. The van der Waals surface area contributed by atoms with Crippen molar-refractivity contribution in [1.29, 1.82) is 0 Å². The van der Waals surface area contributed by atoms with Crippen molar-refractivity contribution >= 4 is 27.5 Å². The van der Waals surface area contributed by atoms with Crippen LogP contribution in [0.1, 0.15) is 39.2 Å². The molecule has 0 radical (unpaired) electrons. The fraction of sp³-hybridized carbons (Fsp3) is 0.375. The summed E-state index contributed by atoms with van der Waals surface area (Å²) >= 11 is 0. The van der Waals surface area contributed by atoms with E-state index in [2.05, 4.69) is 15.0 Å². The second-order valence-corrected chi connectivity index (χ2v) is 11.4. The molecule has 3 aromatic rings. The Labute approximate surface area is 212 Å². The van der Waals surface area contributed by atoms with Crippen LogP contribution >= 0.6 is 0 Å². The summed E-state index contributed by atoms with van der Waals surface area (Å²) in [7, 11) is -2.58. The lowest BCUT2D eigenvalue weighted by molar-refractivity contribution is 0.0751. The highest BCUT2D eigenvalue weighted by molar-refractivity contribution is 7.89. The molecule has 2 aromatic heterocycles. The Morgan fingerprint density at radius 2 is 2.05 bits per heavy atom. The van der Waals surface area contributed by atoms with Gasteiger partial charge in [-0.15, -0.1) is 0 Å². The smallest absolute Gasteiger partial charge is 0.276 e. The van der Waals surface area contributed by atoms with Gasteiger partial charge in [-0.25, -0.2) is 22.5 Å². The number of carbonyl (C=O) groups excluding carboxylic acids is 2. The van der Waals surface area contributed by atoms with E-state index in [1.165, 1.54) is 47.3 Å². The minimum atomic E-state index is -4.12. The van der Waals surface area contributed by atoms with Crippen LogP contribution in [0.2, 0.25) is 0 Å². The van der Waals surface area contributed by atoms with Crippen LogP contribution in [0.25, 0.3) is 0 Å². The van der Waals surface area contributed by atoms with Crippen molar-refractivity contribution in [3.63, 3.8) is 0 Å². The second-order valence-electron chi connectivity index (χ2n) is 9.76. The minimum absolute atomic E-state index is 0.00597. The number of hydrogen-bond acceptors (Lipinski definition) is 7. The summed E-state index contributed by atoms with van der Waals surface area (Å²) in [5.41, 5.74) is 0.0680. The van der Waals surface area contributed by atoms with Crippen LogP contribution in [0, 0.1) is 25.1 Å². The number of halogens is 1. The van der Waals surface area contributed by atoms with Crippen LogP contribution in [-0.4, -0.2) is 60.4 Å². The van der Waals surface area contributed by atoms with Gasteiger partial charge in [0.1, 0.15) is 16.5 Å². The predicted molar refractivity (Wildman–Crippen MR) is 129 cm³/mol. The number of anilines is 1. The van der Waals surface area contributed by atoms with E-state index in [1.54, 1.807) is 13.8 Å². The number of nitrogens with one attached hydrogen (secondary N) is 2. The van der Waals surface area contributed by atoms with E-state index in [1.807, 2.05) is 6.92 Å². The van der Waals surface area contributed by atoms with Gasteiger partial charge in [0, 0.05) is 43.5 Å². The molecule has 2 atom stereocenters. The Balaban J connectivity index is 1.45. The van der Waals surface area contributed by atoms with E-state index in [0.717, 1.165) is 0 Å². The molecule has 1 saturated heterocycles. The van der Waals surface area contributed by atoms with E-state index in [0.29, 0.717) is 17.0 Å². The van der Waals surface area contributed by atoms with Gasteiger partial charge in [0.2, 0.25) is 10.0 Å². The average molecular weight is 532 g/mol. The Morgan fingerprint density at radius 1 is 1.30 bits per heavy atom. The number of sulfonamides is 1. The molecule has 2 aliphatic rings. The Bertz CT molecular complexity index is 1530. The maximum Gasteiger partial charge on any atom is 0.276 e. The Hall–Kier alpha value is -3.71. The van der Waals surface area contributed by atoms with Crippen molar-refractivity contribution in [2.75, 3.05) is 25.0 Å². The highest BCUT2D eigenvalue weighted by atomic mass is 32.2. The number of likely N-dealkylation sites (tertiary alicyclic amines) is 1. The average Bonchev–Trinajstić information content (AvgIpc) is 3.49. The van der Waals surface area contributed by atoms with Crippen LogP contribution in [0.5, 0.6) is 5.75 Å². The van der Waals surface area contributed by atoms with Gasteiger partial charge >= 0.3 is 0 Å². The number of rotatable bonds is 3. The van der Waals surface area contributed by atoms with Gasteiger partial charge in [-0.1, -0.05) is 6.92 Å². The molecule has 196 valence electrons. The zero-order valence-corrected chi connectivity index (χ0v) is 21.5. The van der Waals surface area contributed by atoms with Crippen molar-refractivity contribution < 1.29 is 31.6 Å². The number of aromatic nitrogens is 2. The second kappa shape index (κ2) is 8.70. The molecule has 4 heterocycles. The number of oxazole rings is 1. The van der Waals surface area contributed by atoms with Gasteiger partial charge in [-0.2, -0.15) is 0 Å². The number of amides is 2. The summed E-state index contributed by atoms with van der Waals surface area (Å²) in [6.07, 6.45) is 2.49. The SMILES string of the molecule is Cc1cc(NC(=O)c2c3c(cn2C)S(=O)(=O)N[C@@H]2CN(C(=O)c4ncoc4C)C[C@]2(C)CO3)ccc1F. The number of hydrogen-bond donors (Lipinski definition) is 2.